The molecule has 0 bridgehead atoms. The lowest BCUT2D eigenvalue weighted by atomic mass is 9.88. The topological polar surface area (TPSA) is 53.2 Å². The van der Waals surface area contributed by atoms with Crippen molar-refractivity contribution in [2.24, 2.45) is 0 Å². The fourth-order valence-electron chi connectivity index (χ4n) is 3.45. The summed E-state index contributed by atoms with van der Waals surface area (Å²) in [7, 11) is 0. The Balaban J connectivity index is 1.82. The third-order valence-corrected chi connectivity index (χ3v) is 4.56. The van der Waals surface area contributed by atoms with Crippen LogP contribution in [0.4, 0.5) is 0 Å². The van der Waals surface area contributed by atoms with E-state index >= 15 is 0 Å². The molecule has 0 unspecified atom stereocenters. The van der Waals surface area contributed by atoms with Crippen LogP contribution in [0.2, 0.25) is 0 Å². The molecule has 2 heterocycles. The van der Waals surface area contributed by atoms with E-state index in [0.717, 1.165) is 25.9 Å². The van der Waals surface area contributed by atoms with Gasteiger partial charge in [-0.15, -0.1) is 0 Å². The molecule has 1 fully saturated rings. The quantitative estimate of drug-likeness (QED) is 0.927. The van der Waals surface area contributed by atoms with Crippen LogP contribution in [0, 0.1) is 13.8 Å². The van der Waals surface area contributed by atoms with Crippen LogP contribution in [0.5, 0.6) is 0 Å². The Morgan fingerprint density at radius 1 is 1.22 bits per heavy atom. The molecule has 1 aliphatic rings. The van der Waals surface area contributed by atoms with Gasteiger partial charge in [0, 0.05) is 36.3 Å². The van der Waals surface area contributed by atoms with Crippen molar-refractivity contribution >= 4 is 5.91 Å². The Labute approximate surface area is 136 Å². The first-order chi connectivity index (χ1) is 11.0. The first-order valence-electron chi connectivity index (χ1n) is 8.10. The van der Waals surface area contributed by atoms with Gasteiger partial charge in [-0.25, -0.2) is 0 Å². The molecule has 0 radical (unpaired) electrons. The van der Waals surface area contributed by atoms with E-state index in [1.807, 2.05) is 11.0 Å². The average molecular weight is 310 g/mol. The number of benzene rings is 1. The first kappa shape index (κ1) is 15.5. The zero-order valence-electron chi connectivity index (χ0n) is 13.6. The van der Waals surface area contributed by atoms with Crippen LogP contribution >= 0.6 is 0 Å². The lowest BCUT2D eigenvalue weighted by Gasteiger charge is -2.33. The van der Waals surface area contributed by atoms with Gasteiger partial charge in [-0.3, -0.25) is 9.59 Å². The lowest BCUT2D eigenvalue weighted by Crippen LogP contribution is -2.39. The van der Waals surface area contributed by atoms with Crippen molar-refractivity contribution < 1.29 is 4.79 Å². The summed E-state index contributed by atoms with van der Waals surface area (Å²) in [5, 5.41) is 0. The molecule has 1 aromatic heterocycles. The second-order valence-electron chi connectivity index (χ2n) is 6.36. The van der Waals surface area contributed by atoms with Crippen molar-refractivity contribution in [2.75, 3.05) is 13.1 Å². The van der Waals surface area contributed by atoms with E-state index < -0.39 is 0 Å². The fraction of sp³-hybridized carbons (Fsp3) is 0.368. The summed E-state index contributed by atoms with van der Waals surface area (Å²) >= 11 is 0. The largest absolute Gasteiger partial charge is 0.338 e. The summed E-state index contributed by atoms with van der Waals surface area (Å²) in [6.07, 6.45) is 2.09. The summed E-state index contributed by atoms with van der Waals surface area (Å²) in [4.78, 5) is 28.9. The van der Waals surface area contributed by atoms with Crippen molar-refractivity contribution in [1.29, 1.82) is 0 Å². The number of nitrogens with zero attached hydrogens (tertiary/aromatic N) is 1. The van der Waals surface area contributed by atoms with Crippen LogP contribution in [-0.4, -0.2) is 28.9 Å². The predicted molar refractivity (Wildman–Crippen MR) is 90.9 cm³/mol. The van der Waals surface area contributed by atoms with E-state index in [-0.39, 0.29) is 11.5 Å². The number of hydrogen-bond acceptors (Lipinski definition) is 2. The Morgan fingerprint density at radius 2 is 2.00 bits per heavy atom. The van der Waals surface area contributed by atoms with Crippen molar-refractivity contribution in [3.05, 3.63) is 69.1 Å². The highest BCUT2D eigenvalue weighted by atomic mass is 16.2. The molecule has 0 aliphatic carbocycles. The molecule has 1 atom stereocenters. The molecule has 120 valence electrons. The van der Waals surface area contributed by atoms with Crippen molar-refractivity contribution in [3.63, 3.8) is 0 Å². The highest BCUT2D eigenvalue weighted by Crippen LogP contribution is 2.29. The molecule has 23 heavy (non-hydrogen) atoms. The van der Waals surface area contributed by atoms with Gasteiger partial charge >= 0.3 is 0 Å². The van der Waals surface area contributed by atoms with E-state index in [4.69, 9.17) is 0 Å². The van der Waals surface area contributed by atoms with Crippen LogP contribution in [0.1, 0.15) is 45.9 Å². The number of carbonyl (C=O) groups is 1. The van der Waals surface area contributed by atoms with Gasteiger partial charge in [0.15, 0.2) is 0 Å². The molecular formula is C19H22N2O2. The maximum absolute atomic E-state index is 12.7. The zero-order chi connectivity index (χ0) is 16.4. The van der Waals surface area contributed by atoms with E-state index in [1.165, 1.54) is 17.2 Å². The number of rotatable bonds is 2. The monoisotopic (exact) mass is 310 g/mol. The number of likely N-dealkylation sites (tertiary alicyclic amines) is 1. The molecule has 1 aromatic carbocycles. The number of pyridine rings is 1. The third kappa shape index (κ3) is 3.36. The number of aromatic nitrogens is 1. The molecule has 1 amide bonds. The highest BCUT2D eigenvalue weighted by molar-refractivity contribution is 5.94. The molecule has 4 nitrogen and oxygen atoms in total. The van der Waals surface area contributed by atoms with Crippen molar-refractivity contribution in [1.82, 2.24) is 9.88 Å². The second-order valence-corrected chi connectivity index (χ2v) is 6.36. The van der Waals surface area contributed by atoms with E-state index in [2.05, 4.69) is 30.1 Å². The van der Waals surface area contributed by atoms with Gasteiger partial charge in [-0.1, -0.05) is 24.3 Å². The van der Waals surface area contributed by atoms with Gasteiger partial charge in [0.1, 0.15) is 0 Å². The Hall–Kier alpha value is -2.36. The lowest BCUT2D eigenvalue weighted by molar-refractivity contribution is 0.0706. The Morgan fingerprint density at radius 3 is 2.74 bits per heavy atom. The number of aromatic amines is 1. The predicted octanol–water partition coefficient (Wildman–Crippen LogP) is 3.01. The molecular weight excluding hydrogens is 288 g/mol. The molecule has 3 rings (SSSR count). The summed E-state index contributed by atoms with van der Waals surface area (Å²) in [5.41, 5.74) is 3.58. The van der Waals surface area contributed by atoms with Gasteiger partial charge in [-0.05, 0) is 43.9 Å². The molecule has 1 saturated heterocycles. The SMILES string of the molecule is Cc1cc(C(=O)N2CCC[C@H](c3ccccc3C)C2)cc(=O)[nH]1. The van der Waals surface area contributed by atoms with Crippen LogP contribution < -0.4 is 5.56 Å². The van der Waals surface area contributed by atoms with Gasteiger partial charge in [0.05, 0.1) is 0 Å². The van der Waals surface area contributed by atoms with Crippen LogP contribution in [0.25, 0.3) is 0 Å². The average Bonchev–Trinajstić information content (AvgIpc) is 2.54. The standard InChI is InChI=1S/C19H22N2O2/c1-13-6-3-4-8-17(13)15-7-5-9-21(12-15)19(23)16-10-14(2)20-18(22)11-16/h3-4,6,8,10-11,15H,5,7,9,12H2,1-2H3,(H,20,22)/t15-/m0/s1. The number of carbonyl (C=O) groups excluding carboxylic acids is 1. The maximum atomic E-state index is 12.7. The van der Waals surface area contributed by atoms with Crippen molar-refractivity contribution in [3.8, 4) is 0 Å². The number of piperidine rings is 1. The van der Waals surface area contributed by atoms with Crippen molar-refractivity contribution in [2.45, 2.75) is 32.6 Å². The minimum Gasteiger partial charge on any atom is -0.338 e. The van der Waals surface area contributed by atoms with E-state index in [1.54, 1.807) is 13.0 Å². The van der Waals surface area contributed by atoms with Gasteiger partial charge in [0.25, 0.3) is 5.91 Å². The minimum atomic E-state index is -0.221. The van der Waals surface area contributed by atoms with Crippen LogP contribution in [-0.2, 0) is 0 Å². The molecule has 4 heteroatoms. The summed E-state index contributed by atoms with van der Waals surface area (Å²) < 4.78 is 0. The van der Waals surface area contributed by atoms with Crippen LogP contribution in [0.3, 0.4) is 0 Å². The molecule has 0 spiro atoms. The smallest absolute Gasteiger partial charge is 0.254 e. The van der Waals surface area contributed by atoms with E-state index in [0.29, 0.717) is 17.2 Å². The fourth-order valence-corrected chi connectivity index (χ4v) is 3.45. The normalized spacial score (nSPS) is 18.0. The minimum absolute atomic E-state index is 0.0440. The van der Waals surface area contributed by atoms with Gasteiger partial charge < -0.3 is 9.88 Å². The van der Waals surface area contributed by atoms with Gasteiger partial charge in [0.2, 0.25) is 5.56 Å². The Kier molecular flexibility index (Phi) is 4.33. The first-order valence-corrected chi connectivity index (χ1v) is 8.10. The second kappa shape index (κ2) is 6.41. The number of H-pyrrole nitrogens is 1. The number of hydrogen-bond donors (Lipinski definition) is 1. The number of nitrogens with one attached hydrogen (secondary N) is 1. The highest BCUT2D eigenvalue weighted by Gasteiger charge is 2.26. The number of aryl methyl sites for hydroxylation is 2. The zero-order valence-corrected chi connectivity index (χ0v) is 13.6. The molecule has 0 saturated carbocycles. The Bertz CT molecular complexity index is 779. The summed E-state index contributed by atoms with van der Waals surface area (Å²) in [6, 6.07) is 11.5. The molecule has 2 aromatic rings. The molecule has 1 aliphatic heterocycles. The summed E-state index contributed by atoms with van der Waals surface area (Å²) in [5.74, 6) is 0.328. The van der Waals surface area contributed by atoms with E-state index in [9.17, 15) is 9.59 Å². The third-order valence-electron chi connectivity index (χ3n) is 4.56. The summed E-state index contributed by atoms with van der Waals surface area (Å²) in [6.45, 7) is 5.39. The molecule has 1 N–H and O–H groups in total. The van der Waals surface area contributed by atoms with Crippen LogP contribution in [0.15, 0.2) is 41.2 Å². The maximum Gasteiger partial charge on any atom is 0.254 e. The van der Waals surface area contributed by atoms with Gasteiger partial charge in [-0.2, -0.15) is 0 Å². The number of amides is 1.